The van der Waals surface area contributed by atoms with Gasteiger partial charge in [-0.3, -0.25) is 9.69 Å². The molecule has 0 saturated heterocycles. The van der Waals surface area contributed by atoms with Gasteiger partial charge in [0.05, 0.1) is 18.8 Å². The number of hydrogen-bond acceptors (Lipinski definition) is 3. The van der Waals surface area contributed by atoms with Crippen LogP contribution in [0.4, 0.5) is 14.9 Å². The first-order valence-electron chi connectivity index (χ1n) is 8.29. The molecule has 0 saturated carbocycles. The maximum Gasteiger partial charge on any atom is 0.326 e. The van der Waals surface area contributed by atoms with E-state index in [0.29, 0.717) is 21.5 Å². The first kappa shape index (κ1) is 19.1. The molecule has 3 rings (SSSR count). The van der Waals surface area contributed by atoms with Crippen molar-refractivity contribution in [1.82, 2.24) is 4.90 Å². The minimum atomic E-state index is -0.713. The number of hydrogen-bond donors (Lipinski definition) is 1. The van der Waals surface area contributed by atoms with Crippen LogP contribution in [-0.4, -0.2) is 23.8 Å². The molecule has 0 fully saturated rings. The number of allylic oxidation sites excluding steroid dienone is 1. The molecule has 0 spiro atoms. The lowest BCUT2D eigenvalue weighted by Crippen LogP contribution is -2.37. The van der Waals surface area contributed by atoms with E-state index in [9.17, 15) is 14.0 Å². The van der Waals surface area contributed by atoms with Crippen LogP contribution in [0.15, 0.2) is 53.1 Å². The van der Waals surface area contributed by atoms with Gasteiger partial charge in [0.15, 0.2) is 5.78 Å². The standard InChI is InChI=1S/C20H18BrFN2O3/c1-12-9-15(21)17(11-19(12)27-2)23-20(26)24-8-7-13(25)10-18(24)14-5-3-4-6-16(14)22/h3-9,11,18H,10H2,1-2H3,(H,23,26). The Balaban J connectivity index is 1.91. The fourth-order valence-electron chi connectivity index (χ4n) is 2.99. The van der Waals surface area contributed by atoms with Gasteiger partial charge in [-0.1, -0.05) is 18.2 Å². The van der Waals surface area contributed by atoms with Crippen LogP contribution in [0.25, 0.3) is 0 Å². The predicted octanol–water partition coefficient (Wildman–Crippen LogP) is 4.97. The minimum Gasteiger partial charge on any atom is -0.496 e. The van der Waals surface area contributed by atoms with Crippen molar-refractivity contribution in [2.45, 2.75) is 19.4 Å². The SMILES string of the molecule is COc1cc(NC(=O)N2C=CC(=O)CC2c2ccccc2F)c(Br)cc1C. The van der Waals surface area contributed by atoms with Crippen LogP contribution in [0.5, 0.6) is 5.75 Å². The zero-order valence-electron chi connectivity index (χ0n) is 14.8. The lowest BCUT2D eigenvalue weighted by molar-refractivity contribution is -0.116. The molecule has 0 aliphatic carbocycles. The average molecular weight is 433 g/mol. The van der Waals surface area contributed by atoms with Gasteiger partial charge in [0.25, 0.3) is 0 Å². The molecule has 0 radical (unpaired) electrons. The largest absolute Gasteiger partial charge is 0.496 e. The van der Waals surface area contributed by atoms with Crippen LogP contribution in [-0.2, 0) is 4.79 Å². The van der Waals surface area contributed by atoms with Crippen molar-refractivity contribution in [3.8, 4) is 5.75 Å². The van der Waals surface area contributed by atoms with E-state index in [4.69, 9.17) is 4.74 Å². The van der Waals surface area contributed by atoms with Crippen molar-refractivity contribution in [3.05, 3.63) is 70.1 Å². The molecule has 1 aliphatic heterocycles. The number of aryl methyl sites for hydroxylation is 1. The highest BCUT2D eigenvalue weighted by molar-refractivity contribution is 9.10. The maximum absolute atomic E-state index is 14.3. The first-order valence-corrected chi connectivity index (χ1v) is 9.09. The van der Waals surface area contributed by atoms with Gasteiger partial charge >= 0.3 is 6.03 Å². The van der Waals surface area contributed by atoms with Crippen LogP contribution in [0.1, 0.15) is 23.6 Å². The summed E-state index contributed by atoms with van der Waals surface area (Å²) in [6.45, 7) is 1.89. The molecular formula is C20H18BrFN2O3. The Bertz CT molecular complexity index is 929. The Morgan fingerprint density at radius 3 is 2.78 bits per heavy atom. The number of urea groups is 1. The summed E-state index contributed by atoms with van der Waals surface area (Å²) in [4.78, 5) is 26.1. The van der Waals surface area contributed by atoms with E-state index in [0.717, 1.165) is 5.56 Å². The fraction of sp³-hybridized carbons (Fsp3) is 0.200. The highest BCUT2D eigenvalue weighted by Crippen LogP contribution is 2.34. The number of nitrogens with one attached hydrogen (secondary N) is 1. The number of methoxy groups -OCH3 is 1. The number of ether oxygens (including phenoxy) is 1. The Hall–Kier alpha value is -2.67. The van der Waals surface area contributed by atoms with Crippen LogP contribution >= 0.6 is 15.9 Å². The Morgan fingerprint density at radius 2 is 2.07 bits per heavy atom. The average Bonchev–Trinajstić information content (AvgIpc) is 2.64. The molecule has 5 nitrogen and oxygen atoms in total. The number of nitrogens with zero attached hydrogens (tertiary/aromatic N) is 1. The van der Waals surface area contributed by atoms with Gasteiger partial charge in [0.2, 0.25) is 0 Å². The molecular weight excluding hydrogens is 415 g/mol. The summed E-state index contributed by atoms with van der Waals surface area (Å²) >= 11 is 3.42. The third-order valence-corrected chi connectivity index (χ3v) is 5.03. The molecule has 27 heavy (non-hydrogen) atoms. The van der Waals surface area contributed by atoms with Gasteiger partial charge in [-0.25, -0.2) is 9.18 Å². The van der Waals surface area contributed by atoms with Gasteiger partial charge in [-0.15, -0.1) is 0 Å². The van der Waals surface area contributed by atoms with Gasteiger partial charge in [-0.05, 0) is 46.6 Å². The summed E-state index contributed by atoms with van der Waals surface area (Å²) in [5.41, 5.74) is 1.72. The molecule has 2 aromatic rings. The quantitative estimate of drug-likeness (QED) is 0.744. The highest BCUT2D eigenvalue weighted by atomic mass is 79.9. The second-order valence-electron chi connectivity index (χ2n) is 6.16. The highest BCUT2D eigenvalue weighted by Gasteiger charge is 2.30. The summed E-state index contributed by atoms with van der Waals surface area (Å²) in [7, 11) is 1.55. The summed E-state index contributed by atoms with van der Waals surface area (Å²) < 4.78 is 20.2. The number of amides is 2. The van der Waals surface area contributed by atoms with Crippen LogP contribution in [0.2, 0.25) is 0 Å². The van der Waals surface area contributed by atoms with Gasteiger partial charge in [0.1, 0.15) is 11.6 Å². The molecule has 0 bridgehead atoms. The van der Waals surface area contributed by atoms with Crippen LogP contribution in [0, 0.1) is 12.7 Å². The second kappa shape index (κ2) is 7.92. The minimum absolute atomic E-state index is 0.0171. The number of carbonyl (C=O) groups excluding carboxylic acids is 2. The molecule has 2 aromatic carbocycles. The van der Waals surface area contributed by atoms with Crippen molar-refractivity contribution < 1.29 is 18.7 Å². The predicted molar refractivity (Wildman–Crippen MR) is 104 cm³/mol. The number of anilines is 1. The fourth-order valence-corrected chi connectivity index (χ4v) is 3.54. The third kappa shape index (κ3) is 4.03. The summed E-state index contributed by atoms with van der Waals surface area (Å²) in [6, 6.07) is 8.49. The second-order valence-corrected chi connectivity index (χ2v) is 7.02. The molecule has 1 atom stereocenters. The third-order valence-electron chi connectivity index (χ3n) is 4.38. The molecule has 2 amide bonds. The molecule has 1 heterocycles. The van der Waals surface area contributed by atoms with Crippen molar-refractivity contribution in [1.29, 1.82) is 0 Å². The van der Waals surface area contributed by atoms with Crippen LogP contribution < -0.4 is 10.1 Å². The number of benzene rings is 2. The van der Waals surface area contributed by atoms with E-state index in [1.807, 2.05) is 13.0 Å². The number of ketones is 1. The monoisotopic (exact) mass is 432 g/mol. The summed E-state index contributed by atoms with van der Waals surface area (Å²) in [5.74, 6) is 0.00981. The van der Waals surface area contributed by atoms with E-state index >= 15 is 0 Å². The van der Waals surface area contributed by atoms with E-state index in [1.165, 1.54) is 23.2 Å². The van der Waals surface area contributed by atoms with Gasteiger partial charge in [0, 0.05) is 28.7 Å². The number of carbonyl (C=O) groups is 2. The molecule has 7 heteroatoms. The molecule has 0 aromatic heterocycles. The smallest absolute Gasteiger partial charge is 0.326 e. The van der Waals surface area contributed by atoms with E-state index in [2.05, 4.69) is 21.2 Å². The summed E-state index contributed by atoms with van der Waals surface area (Å²) in [6.07, 6.45) is 2.72. The van der Waals surface area contributed by atoms with Crippen molar-refractivity contribution in [2.24, 2.45) is 0 Å². The number of rotatable bonds is 3. The Kier molecular flexibility index (Phi) is 5.60. The lowest BCUT2D eigenvalue weighted by atomic mass is 9.97. The lowest BCUT2D eigenvalue weighted by Gasteiger charge is -2.31. The first-order chi connectivity index (χ1) is 12.9. The molecule has 1 aliphatic rings. The normalized spacial score (nSPS) is 16.4. The van der Waals surface area contributed by atoms with Crippen LogP contribution in [0.3, 0.4) is 0 Å². The zero-order valence-corrected chi connectivity index (χ0v) is 16.4. The molecule has 140 valence electrons. The zero-order chi connectivity index (χ0) is 19.6. The van der Waals surface area contributed by atoms with Gasteiger partial charge in [-0.2, -0.15) is 0 Å². The van der Waals surface area contributed by atoms with Crippen molar-refractivity contribution >= 4 is 33.4 Å². The summed E-state index contributed by atoms with van der Waals surface area (Å²) in [5, 5.41) is 2.79. The Morgan fingerprint density at radius 1 is 1.33 bits per heavy atom. The topological polar surface area (TPSA) is 58.6 Å². The van der Waals surface area contributed by atoms with E-state index < -0.39 is 17.9 Å². The molecule has 1 N–H and O–H groups in total. The van der Waals surface area contributed by atoms with E-state index in [-0.39, 0.29) is 12.2 Å². The van der Waals surface area contributed by atoms with Crippen molar-refractivity contribution in [3.63, 3.8) is 0 Å². The maximum atomic E-state index is 14.3. The Labute approximate surface area is 164 Å². The van der Waals surface area contributed by atoms with Crippen molar-refractivity contribution in [2.75, 3.05) is 12.4 Å². The van der Waals surface area contributed by atoms with E-state index in [1.54, 1.807) is 31.4 Å². The number of halogens is 2. The van der Waals surface area contributed by atoms with Gasteiger partial charge < -0.3 is 10.1 Å². The molecule has 1 unspecified atom stereocenters.